The maximum Gasteiger partial charge on any atom is 0.317 e. The van der Waals surface area contributed by atoms with Crippen molar-refractivity contribution < 1.29 is 24.5 Å². The lowest BCUT2D eigenvalue weighted by molar-refractivity contribution is -0.136. The van der Waals surface area contributed by atoms with Crippen LogP contribution in [0.3, 0.4) is 0 Å². The first-order chi connectivity index (χ1) is 10.5. The maximum atomic E-state index is 11.6. The number of ether oxygens (including phenoxy) is 1. The molecule has 0 radical (unpaired) electrons. The predicted molar refractivity (Wildman–Crippen MR) is 80.4 cm³/mol. The highest BCUT2D eigenvalue weighted by Crippen LogP contribution is 2.01. The Morgan fingerprint density at radius 1 is 1.32 bits per heavy atom. The largest absolute Gasteiger partial charge is 0.481 e. The number of aliphatic carboxylic acids is 1. The Hall–Kier alpha value is -2.12. The van der Waals surface area contributed by atoms with E-state index in [1.54, 1.807) is 0 Å². The van der Waals surface area contributed by atoms with Crippen molar-refractivity contribution in [3.8, 4) is 0 Å². The van der Waals surface area contributed by atoms with Gasteiger partial charge in [-0.25, -0.2) is 4.79 Å². The molecule has 0 aliphatic carbocycles. The van der Waals surface area contributed by atoms with Gasteiger partial charge in [0.25, 0.3) is 0 Å². The lowest BCUT2D eigenvalue weighted by Crippen LogP contribution is -2.42. The van der Waals surface area contributed by atoms with E-state index in [0.717, 1.165) is 5.56 Å². The minimum Gasteiger partial charge on any atom is -0.481 e. The highest BCUT2D eigenvalue weighted by molar-refractivity contribution is 5.75. The molecule has 0 aliphatic rings. The zero-order valence-electron chi connectivity index (χ0n) is 12.6. The van der Waals surface area contributed by atoms with Crippen LogP contribution < -0.4 is 5.32 Å². The second-order valence-corrected chi connectivity index (χ2v) is 4.91. The molecule has 0 fully saturated rings. The van der Waals surface area contributed by atoms with Gasteiger partial charge in [0.2, 0.25) is 0 Å². The van der Waals surface area contributed by atoms with E-state index in [1.165, 1.54) is 11.9 Å². The van der Waals surface area contributed by atoms with Gasteiger partial charge in [0.1, 0.15) is 0 Å². The van der Waals surface area contributed by atoms with Crippen LogP contribution in [0.2, 0.25) is 0 Å². The summed E-state index contributed by atoms with van der Waals surface area (Å²) in [7, 11) is 1.52. The maximum absolute atomic E-state index is 11.6. The number of hydrogen-bond acceptors (Lipinski definition) is 4. The van der Waals surface area contributed by atoms with E-state index < -0.39 is 18.1 Å². The van der Waals surface area contributed by atoms with Crippen LogP contribution >= 0.6 is 0 Å². The minimum absolute atomic E-state index is 0.0547. The number of nitrogens with one attached hydrogen (secondary N) is 1. The Kier molecular flexibility index (Phi) is 7.95. The molecule has 2 amide bonds. The van der Waals surface area contributed by atoms with Gasteiger partial charge in [-0.3, -0.25) is 4.79 Å². The van der Waals surface area contributed by atoms with Gasteiger partial charge in [0.15, 0.2) is 0 Å². The molecule has 0 saturated heterocycles. The third-order valence-electron chi connectivity index (χ3n) is 2.87. The van der Waals surface area contributed by atoms with Crippen molar-refractivity contribution in [3.63, 3.8) is 0 Å². The summed E-state index contributed by atoms with van der Waals surface area (Å²) in [6.07, 6.45) is -0.943. The third kappa shape index (κ3) is 7.61. The number of aliphatic hydroxyl groups excluding tert-OH is 1. The summed E-state index contributed by atoms with van der Waals surface area (Å²) in [4.78, 5) is 23.3. The zero-order chi connectivity index (χ0) is 16.4. The average Bonchev–Trinajstić information content (AvgIpc) is 2.47. The van der Waals surface area contributed by atoms with Crippen LogP contribution in [0.15, 0.2) is 30.3 Å². The number of nitrogens with zero attached hydrogens (tertiary/aromatic N) is 1. The molecule has 7 heteroatoms. The van der Waals surface area contributed by atoms with Crippen molar-refractivity contribution in [1.29, 1.82) is 0 Å². The Morgan fingerprint density at radius 3 is 2.64 bits per heavy atom. The van der Waals surface area contributed by atoms with E-state index in [4.69, 9.17) is 9.84 Å². The van der Waals surface area contributed by atoms with Crippen LogP contribution in [0.25, 0.3) is 0 Å². The van der Waals surface area contributed by atoms with Gasteiger partial charge in [-0.15, -0.1) is 0 Å². The Labute approximate surface area is 129 Å². The monoisotopic (exact) mass is 310 g/mol. The van der Waals surface area contributed by atoms with Crippen molar-refractivity contribution in [2.45, 2.75) is 19.1 Å². The number of likely N-dealkylation sites (N-methyl/N-ethyl adjacent to an activating group) is 1. The fourth-order valence-corrected chi connectivity index (χ4v) is 1.75. The molecule has 1 atom stereocenters. The smallest absolute Gasteiger partial charge is 0.317 e. The molecular formula is C15H22N2O5. The Morgan fingerprint density at radius 2 is 2.00 bits per heavy atom. The number of hydrogen-bond donors (Lipinski definition) is 3. The lowest BCUT2D eigenvalue weighted by Gasteiger charge is -2.21. The molecule has 122 valence electrons. The quantitative estimate of drug-likeness (QED) is 0.623. The summed E-state index contributed by atoms with van der Waals surface area (Å²) < 4.78 is 5.39. The van der Waals surface area contributed by atoms with Gasteiger partial charge >= 0.3 is 12.0 Å². The number of aliphatic hydroxyl groups is 1. The van der Waals surface area contributed by atoms with Crippen LogP contribution in [0.5, 0.6) is 0 Å². The van der Waals surface area contributed by atoms with Crippen LogP contribution in [0, 0.1) is 0 Å². The summed E-state index contributed by atoms with van der Waals surface area (Å²) in [5, 5.41) is 20.8. The number of carbonyl (C=O) groups excluding carboxylic acids is 1. The summed E-state index contributed by atoms with van der Waals surface area (Å²) in [6.45, 7) is 0.668. The van der Waals surface area contributed by atoms with Gasteiger partial charge in [0.05, 0.1) is 32.3 Å². The summed E-state index contributed by atoms with van der Waals surface area (Å²) in [5.41, 5.74) is 1.01. The molecule has 7 nitrogen and oxygen atoms in total. The Bertz CT molecular complexity index is 466. The molecule has 1 rings (SSSR count). The molecule has 0 heterocycles. The molecule has 0 aromatic heterocycles. The Balaban J connectivity index is 2.18. The van der Waals surface area contributed by atoms with E-state index in [2.05, 4.69) is 5.32 Å². The molecule has 22 heavy (non-hydrogen) atoms. The fourth-order valence-electron chi connectivity index (χ4n) is 1.75. The summed E-state index contributed by atoms with van der Waals surface area (Å²) >= 11 is 0. The van der Waals surface area contributed by atoms with E-state index in [1.807, 2.05) is 30.3 Å². The van der Waals surface area contributed by atoms with Crippen molar-refractivity contribution in [1.82, 2.24) is 10.2 Å². The first-order valence-corrected chi connectivity index (χ1v) is 6.99. The first-order valence-electron chi connectivity index (χ1n) is 6.99. The van der Waals surface area contributed by atoms with Gasteiger partial charge in [-0.05, 0) is 5.56 Å². The first kappa shape index (κ1) is 17.9. The molecule has 0 spiro atoms. The third-order valence-corrected chi connectivity index (χ3v) is 2.87. The standard InChI is InChI=1S/C15H22N2O5/c1-17(15(21)16-8-7-14(19)20)9-13(18)11-22-10-12-5-3-2-4-6-12/h2-6,13,18H,7-11H2,1H3,(H,16,21)(H,19,20). The molecule has 0 saturated carbocycles. The van der Waals surface area contributed by atoms with Crippen molar-refractivity contribution in [3.05, 3.63) is 35.9 Å². The number of benzene rings is 1. The van der Waals surface area contributed by atoms with Gasteiger partial charge in [-0.2, -0.15) is 0 Å². The summed E-state index contributed by atoms with van der Waals surface area (Å²) in [5.74, 6) is -0.975. The molecule has 1 aromatic rings. The SMILES string of the molecule is CN(CC(O)COCc1ccccc1)C(=O)NCCC(=O)O. The van der Waals surface area contributed by atoms with E-state index in [9.17, 15) is 14.7 Å². The number of carboxylic acids is 1. The number of rotatable bonds is 9. The highest BCUT2D eigenvalue weighted by Gasteiger charge is 2.13. The fraction of sp³-hybridized carbons (Fsp3) is 0.467. The van der Waals surface area contributed by atoms with Gasteiger partial charge in [-0.1, -0.05) is 30.3 Å². The summed E-state index contributed by atoms with van der Waals surface area (Å²) in [6, 6.07) is 9.15. The topological polar surface area (TPSA) is 99.1 Å². The number of carboxylic acid groups (broad SMARTS) is 1. The second-order valence-electron chi connectivity index (χ2n) is 4.91. The number of carbonyl (C=O) groups is 2. The normalized spacial score (nSPS) is 11.7. The molecule has 3 N–H and O–H groups in total. The molecule has 1 unspecified atom stereocenters. The van der Waals surface area contributed by atoms with Gasteiger partial charge in [0, 0.05) is 13.6 Å². The number of urea groups is 1. The van der Waals surface area contributed by atoms with E-state index >= 15 is 0 Å². The van der Waals surface area contributed by atoms with Crippen LogP contribution in [0.4, 0.5) is 4.79 Å². The molecular weight excluding hydrogens is 288 g/mol. The van der Waals surface area contributed by atoms with Crippen molar-refractivity contribution in [2.24, 2.45) is 0 Å². The van der Waals surface area contributed by atoms with E-state index in [-0.39, 0.29) is 26.1 Å². The molecule has 0 bridgehead atoms. The minimum atomic E-state index is -0.975. The van der Waals surface area contributed by atoms with Crippen LogP contribution in [-0.2, 0) is 16.1 Å². The van der Waals surface area contributed by atoms with Gasteiger partial charge < -0.3 is 25.2 Å². The van der Waals surface area contributed by atoms with Crippen molar-refractivity contribution in [2.75, 3.05) is 26.7 Å². The molecule has 0 aliphatic heterocycles. The number of amides is 2. The van der Waals surface area contributed by atoms with Crippen LogP contribution in [-0.4, -0.2) is 60.0 Å². The predicted octanol–water partition coefficient (Wildman–Crippen LogP) is 0.680. The molecule has 1 aromatic carbocycles. The highest BCUT2D eigenvalue weighted by atomic mass is 16.5. The van der Waals surface area contributed by atoms with E-state index in [0.29, 0.717) is 6.61 Å². The van der Waals surface area contributed by atoms with Crippen LogP contribution in [0.1, 0.15) is 12.0 Å². The zero-order valence-corrected chi connectivity index (χ0v) is 12.6. The second kappa shape index (κ2) is 9.75. The van der Waals surface area contributed by atoms with Crippen molar-refractivity contribution >= 4 is 12.0 Å². The average molecular weight is 310 g/mol. The lowest BCUT2D eigenvalue weighted by atomic mass is 10.2.